The number of esters is 1. The zero-order valence-electron chi connectivity index (χ0n) is 21.0. The molecule has 0 fully saturated rings. The second-order valence-corrected chi connectivity index (χ2v) is 8.84. The topological polar surface area (TPSA) is 89.1 Å². The molecule has 1 atom stereocenters. The molecule has 0 aliphatic rings. The lowest BCUT2D eigenvalue weighted by Crippen LogP contribution is -2.12. The summed E-state index contributed by atoms with van der Waals surface area (Å²) in [6.45, 7) is 2.68. The van der Waals surface area contributed by atoms with Crippen molar-refractivity contribution in [2.24, 2.45) is 0 Å². The SMILES string of the molecule is CCOC(=O)CC(c1cnc2ccccc2c1)c1c[nH]c2ccc(OCCc3cccc(NC)n3)cc12. The smallest absolute Gasteiger partial charge is 0.306 e. The molecule has 7 heteroatoms. The lowest BCUT2D eigenvalue weighted by atomic mass is 9.88. The van der Waals surface area contributed by atoms with Gasteiger partial charge in [-0.25, -0.2) is 4.98 Å². The Morgan fingerprint density at radius 3 is 2.84 bits per heavy atom. The molecule has 0 aliphatic heterocycles. The van der Waals surface area contributed by atoms with Gasteiger partial charge in [0.15, 0.2) is 0 Å². The van der Waals surface area contributed by atoms with Crippen LogP contribution in [-0.2, 0) is 16.0 Å². The number of carbonyl (C=O) groups is 1. The van der Waals surface area contributed by atoms with Crippen molar-refractivity contribution in [3.8, 4) is 5.75 Å². The van der Waals surface area contributed by atoms with Crippen LogP contribution >= 0.6 is 0 Å². The lowest BCUT2D eigenvalue weighted by Gasteiger charge is -2.17. The first-order valence-electron chi connectivity index (χ1n) is 12.5. The Balaban J connectivity index is 1.43. The van der Waals surface area contributed by atoms with Crippen LogP contribution in [-0.4, -0.2) is 41.2 Å². The molecule has 188 valence electrons. The number of nitrogens with zero attached hydrogens (tertiary/aromatic N) is 2. The van der Waals surface area contributed by atoms with E-state index in [1.54, 1.807) is 0 Å². The first kappa shape index (κ1) is 24.3. The molecule has 5 rings (SSSR count). The van der Waals surface area contributed by atoms with Crippen LogP contribution in [0.25, 0.3) is 21.8 Å². The number of aromatic amines is 1. The van der Waals surface area contributed by atoms with E-state index in [0.29, 0.717) is 19.6 Å². The molecule has 2 aromatic carbocycles. The fourth-order valence-corrected chi connectivity index (χ4v) is 4.60. The molecule has 5 aromatic rings. The van der Waals surface area contributed by atoms with E-state index in [9.17, 15) is 4.79 Å². The van der Waals surface area contributed by atoms with E-state index < -0.39 is 0 Å². The van der Waals surface area contributed by atoms with Crippen LogP contribution in [0.4, 0.5) is 5.82 Å². The third-order valence-corrected chi connectivity index (χ3v) is 6.44. The van der Waals surface area contributed by atoms with Gasteiger partial charge in [0.25, 0.3) is 0 Å². The van der Waals surface area contributed by atoms with Gasteiger partial charge < -0.3 is 19.8 Å². The molecule has 3 aromatic heterocycles. The van der Waals surface area contributed by atoms with Gasteiger partial charge in [0, 0.05) is 53.8 Å². The van der Waals surface area contributed by atoms with Gasteiger partial charge >= 0.3 is 5.97 Å². The predicted octanol–water partition coefficient (Wildman–Crippen LogP) is 5.86. The molecule has 1 unspecified atom stereocenters. The van der Waals surface area contributed by atoms with E-state index in [1.807, 2.05) is 87.0 Å². The number of H-pyrrole nitrogens is 1. The van der Waals surface area contributed by atoms with E-state index in [1.165, 1.54) is 0 Å². The maximum absolute atomic E-state index is 12.6. The minimum absolute atomic E-state index is 0.214. The highest BCUT2D eigenvalue weighted by Gasteiger charge is 2.23. The number of aromatic nitrogens is 3. The van der Waals surface area contributed by atoms with Gasteiger partial charge in [0.2, 0.25) is 0 Å². The highest BCUT2D eigenvalue weighted by atomic mass is 16.5. The van der Waals surface area contributed by atoms with Gasteiger partial charge in [-0.3, -0.25) is 9.78 Å². The maximum Gasteiger partial charge on any atom is 0.306 e. The van der Waals surface area contributed by atoms with Crippen molar-refractivity contribution in [2.75, 3.05) is 25.6 Å². The Morgan fingerprint density at radius 2 is 1.97 bits per heavy atom. The zero-order chi connectivity index (χ0) is 25.6. The summed E-state index contributed by atoms with van der Waals surface area (Å²) < 4.78 is 11.4. The Morgan fingerprint density at radius 1 is 1.08 bits per heavy atom. The average molecular weight is 495 g/mol. The van der Waals surface area contributed by atoms with Gasteiger partial charge in [-0.1, -0.05) is 24.3 Å². The number of fused-ring (bicyclic) bond motifs is 2. The maximum atomic E-state index is 12.6. The van der Waals surface area contributed by atoms with Crippen LogP contribution in [0.3, 0.4) is 0 Å². The first-order chi connectivity index (χ1) is 18.1. The van der Waals surface area contributed by atoms with Crippen molar-refractivity contribution >= 4 is 33.6 Å². The lowest BCUT2D eigenvalue weighted by molar-refractivity contribution is -0.143. The fourth-order valence-electron chi connectivity index (χ4n) is 4.60. The number of rotatable bonds is 10. The molecule has 37 heavy (non-hydrogen) atoms. The van der Waals surface area contributed by atoms with E-state index in [0.717, 1.165) is 50.2 Å². The molecule has 0 spiro atoms. The van der Waals surface area contributed by atoms with E-state index in [2.05, 4.69) is 26.3 Å². The number of nitrogens with one attached hydrogen (secondary N) is 2. The van der Waals surface area contributed by atoms with Crippen molar-refractivity contribution < 1.29 is 14.3 Å². The molecule has 0 amide bonds. The summed E-state index contributed by atoms with van der Waals surface area (Å²) in [6.07, 6.45) is 4.75. The standard InChI is InChI=1S/C30H30N4O3/c1-3-36-30(35)17-24(21-15-20-7-4-5-9-27(20)32-18-21)26-19-33-28-12-11-23(16-25(26)28)37-14-13-22-8-6-10-29(31-2)34-22/h4-12,15-16,18-19,24,33H,3,13-14,17H2,1-2H3,(H,31,34). The second kappa shape index (κ2) is 11.1. The molecule has 2 N–H and O–H groups in total. The summed E-state index contributed by atoms with van der Waals surface area (Å²) in [7, 11) is 1.86. The van der Waals surface area contributed by atoms with Crippen molar-refractivity contribution in [2.45, 2.75) is 25.7 Å². The third-order valence-electron chi connectivity index (χ3n) is 6.44. The van der Waals surface area contributed by atoms with E-state index in [4.69, 9.17) is 9.47 Å². The number of carbonyl (C=O) groups excluding carboxylic acids is 1. The van der Waals surface area contributed by atoms with Crippen molar-refractivity contribution in [3.63, 3.8) is 0 Å². The van der Waals surface area contributed by atoms with Crippen molar-refractivity contribution in [1.29, 1.82) is 0 Å². The number of pyridine rings is 2. The highest BCUT2D eigenvalue weighted by molar-refractivity contribution is 5.87. The highest BCUT2D eigenvalue weighted by Crippen LogP contribution is 2.36. The molecular formula is C30H30N4O3. The molecule has 0 aliphatic carbocycles. The minimum Gasteiger partial charge on any atom is -0.493 e. The summed E-state index contributed by atoms with van der Waals surface area (Å²) in [4.78, 5) is 25.2. The molecule has 0 saturated heterocycles. The second-order valence-electron chi connectivity index (χ2n) is 8.84. The Labute approximate surface area is 215 Å². The number of ether oxygens (including phenoxy) is 2. The monoisotopic (exact) mass is 494 g/mol. The molecule has 0 radical (unpaired) electrons. The zero-order valence-corrected chi connectivity index (χ0v) is 21.0. The first-order valence-corrected chi connectivity index (χ1v) is 12.5. The van der Waals surface area contributed by atoms with Gasteiger partial charge in [0.05, 0.1) is 25.2 Å². The van der Waals surface area contributed by atoms with E-state index in [-0.39, 0.29) is 18.3 Å². The Hall–Kier alpha value is -4.39. The van der Waals surface area contributed by atoms with Gasteiger partial charge in [-0.2, -0.15) is 0 Å². The van der Waals surface area contributed by atoms with Crippen LogP contribution in [0.2, 0.25) is 0 Å². The van der Waals surface area contributed by atoms with E-state index >= 15 is 0 Å². The number of hydrogen-bond donors (Lipinski definition) is 2. The number of hydrogen-bond acceptors (Lipinski definition) is 6. The average Bonchev–Trinajstić information content (AvgIpc) is 3.35. The molecular weight excluding hydrogens is 464 g/mol. The number of benzene rings is 2. The summed E-state index contributed by atoms with van der Waals surface area (Å²) >= 11 is 0. The fraction of sp³-hybridized carbons (Fsp3) is 0.233. The summed E-state index contributed by atoms with van der Waals surface area (Å²) in [6, 6.07) is 22.0. The van der Waals surface area contributed by atoms with Crippen LogP contribution < -0.4 is 10.1 Å². The van der Waals surface area contributed by atoms with Crippen molar-refractivity contribution in [1.82, 2.24) is 15.0 Å². The quantitative estimate of drug-likeness (QED) is 0.237. The van der Waals surface area contributed by atoms with Crippen LogP contribution in [0, 0.1) is 0 Å². The van der Waals surface area contributed by atoms with Gasteiger partial charge in [-0.15, -0.1) is 0 Å². The predicted molar refractivity (Wildman–Crippen MR) is 146 cm³/mol. The summed E-state index contributed by atoms with van der Waals surface area (Å²) in [5.74, 6) is 1.16. The number of anilines is 1. The molecule has 0 saturated carbocycles. The van der Waals surface area contributed by atoms with Crippen molar-refractivity contribution in [3.05, 3.63) is 95.9 Å². The van der Waals surface area contributed by atoms with Gasteiger partial charge in [0.1, 0.15) is 11.6 Å². The summed E-state index contributed by atoms with van der Waals surface area (Å²) in [5, 5.41) is 5.11. The minimum atomic E-state index is -0.237. The van der Waals surface area contributed by atoms with Crippen LogP contribution in [0.1, 0.15) is 36.1 Å². The van der Waals surface area contributed by atoms with Crippen LogP contribution in [0.15, 0.2) is 79.1 Å². The Bertz CT molecular complexity index is 1530. The largest absolute Gasteiger partial charge is 0.493 e. The molecule has 7 nitrogen and oxygen atoms in total. The van der Waals surface area contributed by atoms with Crippen LogP contribution in [0.5, 0.6) is 5.75 Å². The Kier molecular flexibility index (Phi) is 7.31. The number of para-hydroxylation sites is 1. The summed E-state index contributed by atoms with van der Waals surface area (Å²) in [5.41, 5.74) is 4.84. The van der Waals surface area contributed by atoms with Gasteiger partial charge in [-0.05, 0) is 60.5 Å². The third kappa shape index (κ3) is 5.56. The molecule has 3 heterocycles. The molecule has 0 bridgehead atoms. The normalized spacial score (nSPS) is 11.9.